The molecule has 1 aromatic rings. The molecule has 2 N–H and O–H groups in total. The number of carbonyl (C=O) groups is 3. The third-order valence-corrected chi connectivity index (χ3v) is 3.90. The Morgan fingerprint density at radius 3 is 2.50 bits per heavy atom. The van der Waals surface area contributed by atoms with Crippen LogP contribution in [0.3, 0.4) is 0 Å². The van der Waals surface area contributed by atoms with Crippen molar-refractivity contribution >= 4 is 29.3 Å². The topological polar surface area (TPSA) is 95.9 Å². The van der Waals surface area contributed by atoms with Gasteiger partial charge in [0.15, 0.2) is 0 Å². The van der Waals surface area contributed by atoms with Crippen molar-refractivity contribution in [1.82, 2.24) is 10.2 Å². The molecule has 0 radical (unpaired) electrons. The molecule has 0 aliphatic heterocycles. The van der Waals surface area contributed by atoms with Gasteiger partial charge in [0.05, 0.1) is 6.54 Å². The molecule has 0 fully saturated rings. The Morgan fingerprint density at radius 2 is 2.00 bits per heavy atom. The van der Waals surface area contributed by atoms with E-state index in [0.717, 1.165) is 10.5 Å². The standard InChI is InChI=1S/C18H24N2O5S/c1-12(19-17(24)25-18(3,4)5)15(21)20(13(2)16(22)23)9-6-7-14-8-10-26-11-14/h8,10-13H,9H2,1-5H3,(H,19,24)(H,22,23)/t12-,13?/m1/s1. The van der Waals surface area contributed by atoms with Gasteiger partial charge in [0.25, 0.3) is 0 Å². The van der Waals surface area contributed by atoms with Crippen LogP contribution >= 0.6 is 11.3 Å². The molecule has 1 unspecified atom stereocenters. The van der Waals surface area contributed by atoms with Gasteiger partial charge >= 0.3 is 12.1 Å². The van der Waals surface area contributed by atoms with Crippen LogP contribution in [0.2, 0.25) is 0 Å². The van der Waals surface area contributed by atoms with E-state index in [1.165, 1.54) is 25.2 Å². The third kappa shape index (κ3) is 7.15. The van der Waals surface area contributed by atoms with E-state index in [4.69, 9.17) is 4.74 Å². The number of ether oxygens (including phenoxy) is 1. The van der Waals surface area contributed by atoms with Crippen LogP contribution < -0.4 is 5.32 Å². The van der Waals surface area contributed by atoms with Crippen molar-refractivity contribution < 1.29 is 24.2 Å². The van der Waals surface area contributed by atoms with E-state index in [9.17, 15) is 19.5 Å². The van der Waals surface area contributed by atoms with Crippen LogP contribution in [0.1, 0.15) is 40.2 Å². The van der Waals surface area contributed by atoms with Gasteiger partial charge in [0, 0.05) is 10.9 Å². The Labute approximate surface area is 157 Å². The van der Waals surface area contributed by atoms with E-state index in [0.29, 0.717) is 0 Å². The van der Waals surface area contributed by atoms with Gasteiger partial charge in [0.2, 0.25) is 5.91 Å². The summed E-state index contributed by atoms with van der Waals surface area (Å²) in [4.78, 5) is 36.9. The fourth-order valence-corrected chi connectivity index (χ4v) is 2.48. The SMILES string of the molecule is CC(C(=O)O)N(CC#Cc1ccsc1)C(=O)[C@@H](C)NC(=O)OC(C)(C)C. The van der Waals surface area contributed by atoms with Crippen LogP contribution in [-0.4, -0.2) is 52.2 Å². The van der Waals surface area contributed by atoms with Gasteiger partial charge in [-0.25, -0.2) is 9.59 Å². The molecule has 0 spiro atoms. The number of amides is 2. The monoisotopic (exact) mass is 380 g/mol. The van der Waals surface area contributed by atoms with Crippen molar-refractivity contribution in [2.45, 2.75) is 52.3 Å². The first-order valence-electron chi connectivity index (χ1n) is 8.05. The van der Waals surface area contributed by atoms with E-state index in [2.05, 4.69) is 17.2 Å². The molecule has 2 amide bonds. The zero-order chi connectivity index (χ0) is 19.9. The first kappa shape index (κ1) is 21.5. The van der Waals surface area contributed by atoms with Crippen molar-refractivity contribution in [2.24, 2.45) is 0 Å². The van der Waals surface area contributed by atoms with E-state index in [-0.39, 0.29) is 6.54 Å². The molecule has 1 aromatic heterocycles. The number of alkyl carbamates (subject to hydrolysis) is 1. The third-order valence-electron chi connectivity index (χ3n) is 3.21. The molecule has 0 saturated carbocycles. The van der Waals surface area contributed by atoms with Gasteiger partial charge in [0.1, 0.15) is 17.7 Å². The highest BCUT2D eigenvalue weighted by Gasteiger charge is 2.30. The minimum atomic E-state index is -1.15. The molecule has 1 heterocycles. The van der Waals surface area contributed by atoms with Crippen molar-refractivity contribution in [2.75, 3.05) is 6.54 Å². The summed E-state index contributed by atoms with van der Waals surface area (Å²) >= 11 is 1.49. The number of hydrogen-bond acceptors (Lipinski definition) is 5. The molecular weight excluding hydrogens is 356 g/mol. The Kier molecular flexibility index (Phi) is 7.65. The summed E-state index contributed by atoms with van der Waals surface area (Å²) in [5, 5.41) is 15.4. The van der Waals surface area contributed by atoms with Crippen LogP contribution in [-0.2, 0) is 14.3 Å². The molecule has 142 valence electrons. The van der Waals surface area contributed by atoms with Crippen LogP contribution in [0, 0.1) is 11.8 Å². The number of carboxylic acid groups (broad SMARTS) is 1. The summed E-state index contributed by atoms with van der Waals surface area (Å²) in [5.41, 5.74) is 0.0951. The Balaban J connectivity index is 2.83. The van der Waals surface area contributed by atoms with Crippen LogP contribution in [0.5, 0.6) is 0 Å². The van der Waals surface area contributed by atoms with Gasteiger partial charge in [-0.05, 0) is 46.1 Å². The van der Waals surface area contributed by atoms with Gasteiger partial charge in [-0.1, -0.05) is 11.8 Å². The minimum Gasteiger partial charge on any atom is -0.480 e. The summed E-state index contributed by atoms with van der Waals surface area (Å²) in [5.74, 6) is 3.98. The van der Waals surface area contributed by atoms with Crippen molar-refractivity contribution in [3.05, 3.63) is 22.4 Å². The number of rotatable bonds is 5. The second-order valence-corrected chi connectivity index (χ2v) is 7.44. The van der Waals surface area contributed by atoms with Crippen LogP contribution in [0.15, 0.2) is 16.8 Å². The van der Waals surface area contributed by atoms with E-state index >= 15 is 0 Å². The molecular formula is C18H24N2O5S. The quantitative estimate of drug-likeness (QED) is 0.764. The predicted molar refractivity (Wildman–Crippen MR) is 98.8 cm³/mol. The largest absolute Gasteiger partial charge is 0.480 e. The molecule has 2 atom stereocenters. The molecule has 0 saturated heterocycles. The zero-order valence-electron chi connectivity index (χ0n) is 15.5. The molecule has 0 bridgehead atoms. The van der Waals surface area contributed by atoms with E-state index in [1.54, 1.807) is 20.8 Å². The number of hydrogen-bond donors (Lipinski definition) is 2. The Bertz CT molecular complexity index is 697. The van der Waals surface area contributed by atoms with Crippen LogP contribution in [0.4, 0.5) is 4.79 Å². The number of thiophene rings is 1. The average Bonchev–Trinajstić information content (AvgIpc) is 3.01. The smallest absolute Gasteiger partial charge is 0.408 e. The van der Waals surface area contributed by atoms with Gasteiger partial charge in [-0.3, -0.25) is 4.79 Å². The summed E-state index contributed by atoms with van der Waals surface area (Å²) < 4.78 is 5.11. The number of nitrogens with one attached hydrogen (secondary N) is 1. The first-order chi connectivity index (χ1) is 12.0. The number of carbonyl (C=O) groups excluding carboxylic acids is 2. The molecule has 0 aliphatic carbocycles. The van der Waals surface area contributed by atoms with Gasteiger partial charge in [-0.15, -0.1) is 0 Å². The molecule has 7 nitrogen and oxygen atoms in total. The number of aliphatic carboxylic acids is 1. The number of carboxylic acids is 1. The van der Waals surface area contributed by atoms with Crippen LogP contribution in [0.25, 0.3) is 0 Å². The summed E-state index contributed by atoms with van der Waals surface area (Å²) in [6.45, 7) is 7.92. The molecule has 26 heavy (non-hydrogen) atoms. The predicted octanol–water partition coefficient (Wildman–Crippen LogP) is 2.31. The van der Waals surface area contributed by atoms with Crippen molar-refractivity contribution in [3.63, 3.8) is 0 Å². The van der Waals surface area contributed by atoms with Gasteiger partial charge in [-0.2, -0.15) is 11.3 Å². The summed E-state index contributed by atoms with van der Waals surface area (Å²) in [6, 6.07) is -0.200. The molecule has 8 heteroatoms. The molecule has 0 aromatic carbocycles. The summed E-state index contributed by atoms with van der Waals surface area (Å²) in [7, 11) is 0. The Hall–Kier alpha value is -2.53. The Morgan fingerprint density at radius 1 is 1.35 bits per heavy atom. The fourth-order valence-electron chi connectivity index (χ4n) is 1.90. The number of nitrogens with zero attached hydrogens (tertiary/aromatic N) is 1. The second-order valence-electron chi connectivity index (χ2n) is 6.66. The lowest BCUT2D eigenvalue weighted by Crippen LogP contribution is -2.52. The molecule has 1 rings (SSSR count). The highest BCUT2D eigenvalue weighted by Crippen LogP contribution is 2.08. The maximum Gasteiger partial charge on any atom is 0.408 e. The normalized spacial score (nSPS) is 13.0. The fraction of sp³-hybridized carbons (Fsp3) is 0.500. The van der Waals surface area contributed by atoms with Crippen molar-refractivity contribution in [3.8, 4) is 11.8 Å². The highest BCUT2D eigenvalue weighted by atomic mass is 32.1. The maximum absolute atomic E-state index is 12.6. The highest BCUT2D eigenvalue weighted by molar-refractivity contribution is 7.08. The van der Waals surface area contributed by atoms with E-state index in [1.807, 2.05) is 16.8 Å². The van der Waals surface area contributed by atoms with E-state index < -0.39 is 35.7 Å². The lowest BCUT2D eigenvalue weighted by molar-refractivity contribution is -0.149. The van der Waals surface area contributed by atoms with Crippen molar-refractivity contribution in [1.29, 1.82) is 0 Å². The average molecular weight is 380 g/mol. The zero-order valence-corrected chi connectivity index (χ0v) is 16.3. The van der Waals surface area contributed by atoms with Gasteiger partial charge < -0.3 is 20.1 Å². The second kappa shape index (κ2) is 9.25. The lowest BCUT2D eigenvalue weighted by atomic mass is 10.2. The molecule has 0 aliphatic rings. The summed E-state index contributed by atoms with van der Waals surface area (Å²) in [6.07, 6.45) is -0.745. The lowest BCUT2D eigenvalue weighted by Gasteiger charge is -2.28. The minimum absolute atomic E-state index is 0.0670. The first-order valence-corrected chi connectivity index (χ1v) is 8.99. The maximum atomic E-state index is 12.6.